The van der Waals surface area contributed by atoms with E-state index in [1.165, 1.54) is 12.1 Å². The van der Waals surface area contributed by atoms with E-state index in [-0.39, 0.29) is 17.4 Å². The van der Waals surface area contributed by atoms with Gasteiger partial charge >= 0.3 is 0 Å². The lowest BCUT2D eigenvalue weighted by Gasteiger charge is -2.35. The zero-order valence-electron chi connectivity index (χ0n) is 15.0. The van der Waals surface area contributed by atoms with Crippen molar-refractivity contribution in [1.29, 1.82) is 0 Å². The van der Waals surface area contributed by atoms with Crippen LogP contribution in [0.1, 0.15) is 29.6 Å². The summed E-state index contributed by atoms with van der Waals surface area (Å²) in [5.41, 5.74) is 0.0726. The summed E-state index contributed by atoms with van der Waals surface area (Å²) in [4.78, 5) is 28.5. The van der Waals surface area contributed by atoms with Gasteiger partial charge in [-0.1, -0.05) is 12.1 Å². The van der Waals surface area contributed by atoms with E-state index >= 15 is 0 Å². The molecule has 0 radical (unpaired) electrons. The summed E-state index contributed by atoms with van der Waals surface area (Å²) in [6.07, 6.45) is 2.84. The standard InChI is InChI=1S/C19H27FN4O2/c20-17-6-2-1-5-16(17)19(26)22-8-9-23-10-12-24(13-11-23)18(25)14-15-4-3-7-21-15/h1-2,5-6,15,21H,3-4,7-14H2,(H,22,26). The first kappa shape index (κ1) is 18.8. The molecule has 0 bridgehead atoms. The molecule has 2 aliphatic rings. The van der Waals surface area contributed by atoms with Gasteiger partial charge in [0.05, 0.1) is 5.56 Å². The lowest BCUT2D eigenvalue weighted by molar-refractivity contribution is -0.133. The van der Waals surface area contributed by atoms with Crippen molar-refractivity contribution < 1.29 is 14.0 Å². The molecular formula is C19H27FN4O2. The van der Waals surface area contributed by atoms with Crippen LogP contribution in [-0.2, 0) is 4.79 Å². The smallest absolute Gasteiger partial charge is 0.254 e. The number of halogens is 1. The van der Waals surface area contributed by atoms with Gasteiger partial charge in [0.15, 0.2) is 0 Å². The summed E-state index contributed by atoms with van der Waals surface area (Å²) in [5.74, 6) is -0.660. The summed E-state index contributed by atoms with van der Waals surface area (Å²) in [6, 6.07) is 6.32. The molecule has 2 fully saturated rings. The Labute approximate surface area is 153 Å². The van der Waals surface area contributed by atoms with Crippen molar-refractivity contribution in [3.63, 3.8) is 0 Å². The van der Waals surface area contributed by atoms with Crippen LogP contribution in [0.2, 0.25) is 0 Å². The largest absolute Gasteiger partial charge is 0.351 e. The number of nitrogens with zero attached hydrogens (tertiary/aromatic N) is 2. The molecule has 1 unspecified atom stereocenters. The lowest BCUT2D eigenvalue weighted by Crippen LogP contribution is -2.51. The van der Waals surface area contributed by atoms with Gasteiger partial charge in [-0.05, 0) is 31.5 Å². The van der Waals surface area contributed by atoms with E-state index in [0.29, 0.717) is 25.6 Å². The van der Waals surface area contributed by atoms with Gasteiger partial charge in [0.1, 0.15) is 5.82 Å². The van der Waals surface area contributed by atoms with E-state index in [1.54, 1.807) is 12.1 Å². The molecule has 1 atom stereocenters. The molecule has 2 saturated heterocycles. The molecule has 6 nitrogen and oxygen atoms in total. The van der Waals surface area contributed by atoms with Crippen molar-refractivity contribution >= 4 is 11.8 Å². The zero-order chi connectivity index (χ0) is 18.4. The van der Waals surface area contributed by atoms with Gasteiger partial charge in [-0.2, -0.15) is 0 Å². The fraction of sp³-hybridized carbons (Fsp3) is 0.579. The van der Waals surface area contributed by atoms with Gasteiger partial charge in [-0.3, -0.25) is 14.5 Å². The first-order valence-corrected chi connectivity index (χ1v) is 9.40. The highest BCUT2D eigenvalue weighted by Crippen LogP contribution is 2.12. The van der Waals surface area contributed by atoms with E-state index in [0.717, 1.165) is 45.6 Å². The summed E-state index contributed by atoms with van der Waals surface area (Å²) in [7, 11) is 0. The molecule has 7 heteroatoms. The van der Waals surface area contributed by atoms with E-state index < -0.39 is 5.82 Å². The van der Waals surface area contributed by atoms with Gasteiger partial charge in [0.2, 0.25) is 5.91 Å². The van der Waals surface area contributed by atoms with Crippen LogP contribution in [0, 0.1) is 5.82 Å². The van der Waals surface area contributed by atoms with E-state index in [9.17, 15) is 14.0 Å². The lowest BCUT2D eigenvalue weighted by atomic mass is 10.1. The molecule has 2 N–H and O–H groups in total. The highest BCUT2D eigenvalue weighted by molar-refractivity contribution is 5.94. The third-order valence-electron chi connectivity index (χ3n) is 5.14. The number of benzene rings is 1. The van der Waals surface area contributed by atoms with Gasteiger partial charge in [0, 0.05) is 51.7 Å². The van der Waals surface area contributed by atoms with Crippen molar-refractivity contribution in [3.8, 4) is 0 Å². The molecule has 0 spiro atoms. The molecule has 2 heterocycles. The van der Waals surface area contributed by atoms with Crippen molar-refractivity contribution in [2.45, 2.75) is 25.3 Å². The Kier molecular flexibility index (Phi) is 6.57. The minimum Gasteiger partial charge on any atom is -0.351 e. The number of carbonyl (C=O) groups is 2. The van der Waals surface area contributed by atoms with Crippen LogP contribution in [0.25, 0.3) is 0 Å². The topological polar surface area (TPSA) is 64.7 Å². The predicted molar refractivity (Wildman–Crippen MR) is 97.4 cm³/mol. The average Bonchev–Trinajstić information content (AvgIpc) is 3.15. The SMILES string of the molecule is O=C(NCCN1CCN(C(=O)CC2CCCN2)CC1)c1ccccc1F. The zero-order valence-corrected chi connectivity index (χ0v) is 15.0. The molecule has 0 aromatic heterocycles. The van der Waals surface area contributed by atoms with E-state index in [2.05, 4.69) is 15.5 Å². The molecule has 3 rings (SSSR count). The highest BCUT2D eigenvalue weighted by atomic mass is 19.1. The Morgan fingerprint density at radius 2 is 1.96 bits per heavy atom. The fourth-order valence-electron chi connectivity index (χ4n) is 3.56. The summed E-state index contributed by atoms with van der Waals surface area (Å²) < 4.78 is 13.6. The van der Waals surface area contributed by atoms with E-state index in [1.807, 2.05) is 4.90 Å². The molecule has 1 aromatic rings. The number of nitrogens with one attached hydrogen (secondary N) is 2. The Morgan fingerprint density at radius 3 is 2.65 bits per heavy atom. The molecule has 26 heavy (non-hydrogen) atoms. The number of hydrogen-bond donors (Lipinski definition) is 2. The fourth-order valence-corrected chi connectivity index (χ4v) is 3.56. The van der Waals surface area contributed by atoms with Crippen LogP contribution >= 0.6 is 0 Å². The van der Waals surface area contributed by atoms with Gasteiger partial charge in [0.25, 0.3) is 5.91 Å². The summed E-state index contributed by atoms with van der Waals surface area (Å²) in [6.45, 7) is 5.25. The van der Waals surface area contributed by atoms with Crippen LogP contribution in [0.15, 0.2) is 24.3 Å². The monoisotopic (exact) mass is 362 g/mol. The molecule has 0 aliphatic carbocycles. The Morgan fingerprint density at radius 1 is 1.19 bits per heavy atom. The van der Waals surface area contributed by atoms with Crippen molar-refractivity contribution in [2.24, 2.45) is 0 Å². The van der Waals surface area contributed by atoms with Crippen LogP contribution in [0.5, 0.6) is 0 Å². The molecule has 0 saturated carbocycles. The maximum atomic E-state index is 13.6. The Hall–Kier alpha value is -1.99. The Bertz CT molecular complexity index is 626. The number of carbonyl (C=O) groups excluding carboxylic acids is 2. The summed E-state index contributed by atoms with van der Waals surface area (Å²) in [5, 5.41) is 6.13. The summed E-state index contributed by atoms with van der Waals surface area (Å²) >= 11 is 0. The maximum absolute atomic E-state index is 13.6. The van der Waals surface area contributed by atoms with Crippen LogP contribution < -0.4 is 10.6 Å². The highest BCUT2D eigenvalue weighted by Gasteiger charge is 2.24. The molecule has 2 amide bonds. The number of amides is 2. The van der Waals surface area contributed by atoms with Gasteiger partial charge in [-0.25, -0.2) is 4.39 Å². The Balaban J connectivity index is 1.34. The predicted octanol–water partition coefficient (Wildman–Crippen LogP) is 0.842. The minimum absolute atomic E-state index is 0.0726. The first-order chi connectivity index (χ1) is 12.6. The second-order valence-corrected chi connectivity index (χ2v) is 6.96. The second-order valence-electron chi connectivity index (χ2n) is 6.96. The van der Waals surface area contributed by atoms with Crippen molar-refractivity contribution in [2.75, 3.05) is 45.8 Å². The van der Waals surface area contributed by atoms with Gasteiger partial charge in [-0.15, -0.1) is 0 Å². The van der Waals surface area contributed by atoms with Crippen LogP contribution in [-0.4, -0.2) is 73.5 Å². The number of hydrogen-bond acceptors (Lipinski definition) is 4. The minimum atomic E-state index is -0.506. The third-order valence-corrected chi connectivity index (χ3v) is 5.14. The number of rotatable bonds is 6. The number of piperazine rings is 1. The van der Waals surface area contributed by atoms with E-state index in [4.69, 9.17) is 0 Å². The third kappa shape index (κ3) is 5.02. The molecule has 2 aliphatic heterocycles. The molecule has 142 valence electrons. The molecular weight excluding hydrogens is 335 g/mol. The first-order valence-electron chi connectivity index (χ1n) is 9.40. The maximum Gasteiger partial charge on any atom is 0.254 e. The van der Waals surface area contributed by atoms with Crippen LogP contribution in [0.4, 0.5) is 4.39 Å². The quantitative estimate of drug-likeness (QED) is 0.787. The van der Waals surface area contributed by atoms with Crippen LogP contribution in [0.3, 0.4) is 0 Å². The molecule has 1 aromatic carbocycles. The van der Waals surface area contributed by atoms with Crippen molar-refractivity contribution in [3.05, 3.63) is 35.6 Å². The second kappa shape index (κ2) is 9.09. The normalized spacial score (nSPS) is 21.0. The van der Waals surface area contributed by atoms with Crippen molar-refractivity contribution in [1.82, 2.24) is 20.4 Å². The average molecular weight is 362 g/mol. The van der Waals surface area contributed by atoms with Gasteiger partial charge < -0.3 is 15.5 Å².